The summed E-state index contributed by atoms with van der Waals surface area (Å²) in [7, 11) is 0. The highest BCUT2D eigenvalue weighted by Crippen LogP contribution is 2.34. The van der Waals surface area contributed by atoms with E-state index in [0.29, 0.717) is 6.04 Å². The Kier molecular flexibility index (Phi) is 5.95. The summed E-state index contributed by atoms with van der Waals surface area (Å²) >= 11 is 1.70. The SMILES string of the molecule is CC(Nc1nc2ccc(Oc3ccnc(-c4nc5c([nH]4)CCCC5)c3)cc2s1)C1CCCCC1. The van der Waals surface area contributed by atoms with Crippen LogP contribution in [0.2, 0.25) is 0 Å². The molecule has 7 heteroatoms. The topological polar surface area (TPSA) is 75.7 Å². The Morgan fingerprint density at radius 1 is 1.00 bits per heavy atom. The number of hydrogen-bond acceptors (Lipinski definition) is 6. The number of H-pyrrole nitrogens is 1. The first kappa shape index (κ1) is 21.6. The van der Waals surface area contributed by atoms with Gasteiger partial charge in [-0.05, 0) is 69.6 Å². The van der Waals surface area contributed by atoms with Crippen molar-refractivity contribution in [2.24, 2.45) is 5.92 Å². The second-order valence-corrected chi connectivity index (χ2v) is 10.7. The lowest BCUT2D eigenvalue weighted by atomic mass is 9.85. The molecule has 0 saturated heterocycles. The zero-order chi connectivity index (χ0) is 22.9. The molecule has 0 radical (unpaired) electrons. The number of imidazole rings is 1. The minimum Gasteiger partial charge on any atom is -0.457 e. The van der Waals surface area contributed by atoms with Crippen LogP contribution in [0, 0.1) is 5.92 Å². The molecular formula is C27H31N5OS. The first-order valence-electron chi connectivity index (χ1n) is 12.6. The number of aromatic nitrogens is 4. The average molecular weight is 474 g/mol. The number of fused-ring (bicyclic) bond motifs is 2. The van der Waals surface area contributed by atoms with Crippen molar-refractivity contribution in [2.45, 2.75) is 70.8 Å². The third kappa shape index (κ3) is 4.53. The van der Waals surface area contributed by atoms with Gasteiger partial charge in [0.2, 0.25) is 0 Å². The van der Waals surface area contributed by atoms with Crippen molar-refractivity contribution in [3.05, 3.63) is 47.9 Å². The van der Waals surface area contributed by atoms with E-state index in [0.717, 1.165) is 57.1 Å². The number of ether oxygens (including phenoxy) is 1. The number of nitrogens with one attached hydrogen (secondary N) is 2. The average Bonchev–Trinajstić information content (AvgIpc) is 3.48. The van der Waals surface area contributed by atoms with Gasteiger partial charge in [-0.3, -0.25) is 4.98 Å². The highest BCUT2D eigenvalue weighted by atomic mass is 32.1. The normalized spacial score (nSPS) is 17.4. The largest absolute Gasteiger partial charge is 0.457 e. The standard InChI is InChI=1S/C27H31N5OS/c1-17(18-7-3-2-4-8-18)29-27-32-23-12-11-19(16-25(23)34-27)33-20-13-14-28-24(15-20)26-30-21-9-5-6-10-22(21)31-26/h11-18H,2-10H2,1H3,(H,29,32)(H,30,31). The van der Waals surface area contributed by atoms with Gasteiger partial charge in [0.15, 0.2) is 11.0 Å². The molecule has 1 fully saturated rings. The zero-order valence-corrected chi connectivity index (χ0v) is 20.5. The van der Waals surface area contributed by atoms with Gasteiger partial charge in [0.1, 0.15) is 17.2 Å². The molecule has 2 aliphatic rings. The van der Waals surface area contributed by atoms with E-state index in [9.17, 15) is 0 Å². The molecule has 1 saturated carbocycles. The fraction of sp³-hybridized carbons (Fsp3) is 0.444. The minimum absolute atomic E-state index is 0.457. The summed E-state index contributed by atoms with van der Waals surface area (Å²) in [5.41, 5.74) is 4.26. The van der Waals surface area contributed by atoms with Crippen LogP contribution in [-0.2, 0) is 12.8 Å². The molecule has 2 aliphatic carbocycles. The lowest BCUT2D eigenvalue weighted by Gasteiger charge is -2.28. The molecule has 3 heterocycles. The predicted molar refractivity (Wildman–Crippen MR) is 138 cm³/mol. The van der Waals surface area contributed by atoms with Gasteiger partial charge in [-0.1, -0.05) is 30.6 Å². The van der Waals surface area contributed by atoms with Crippen LogP contribution in [0.1, 0.15) is 63.3 Å². The van der Waals surface area contributed by atoms with Gasteiger partial charge in [-0.2, -0.15) is 0 Å². The number of thiazole rings is 1. The molecule has 1 aromatic carbocycles. The van der Waals surface area contributed by atoms with Gasteiger partial charge >= 0.3 is 0 Å². The summed E-state index contributed by atoms with van der Waals surface area (Å²) in [6.07, 6.45) is 13.1. The van der Waals surface area contributed by atoms with E-state index in [1.54, 1.807) is 17.5 Å². The van der Waals surface area contributed by atoms with Crippen molar-refractivity contribution in [3.63, 3.8) is 0 Å². The Morgan fingerprint density at radius 2 is 1.85 bits per heavy atom. The summed E-state index contributed by atoms with van der Waals surface area (Å²) in [6, 6.07) is 10.4. The lowest BCUT2D eigenvalue weighted by molar-refractivity contribution is 0.328. The highest BCUT2D eigenvalue weighted by molar-refractivity contribution is 7.22. The summed E-state index contributed by atoms with van der Waals surface area (Å²) in [6.45, 7) is 2.30. The van der Waals surface area contributed by atoms with E-state index >= 15 is 0 Å². The van der Waals surface area contributed by atoms with Gasteiger partial charge in [-0.15, -0.1) is 0 Å². The zero-order valence-electron chi connectivity index (χ0n) is 19.6. The molecule has 6 rings (SSSR count). The molecule has 2 N–H and O–H groups in total. The van der Waals surface area contributed by atoms with Crippen LogP contribution in [0.3, 0.4) is 0 Å². The summed E-state index contributed by atoms with van der Waals surface area (Å²) < 4.78 is 7.34. The van der Waals surface area contributed by atoms with E-state index in [1.807, 2.05) is 24.3 Å². The van der Waals surface area contributed by atoms with Crippen molar-refractivity contribution < 1.29 is 4.74 Å². The van der Waals surface area contributed by atoms with E-state index in [1.165, 1.54) is 56.3 Å². The van der Waals surface area contributed by atoms with Crippen LogP contribution in [0.4, 0.5) is 5.13 Å². The highest BCUT2D eigenvalue weighted by Gasteiger charge is 2.21. The Bertz CT molecular complexity index is 1270. The van der Waals surface area contributed by atoms with Gasteiger partial charge < -0.3 is 15.0 Å². The number of nitrogens with zero attached hydrogens (tertiary/aromatic N) is 3. The second kappa shape index (κ2) is 9.37. The second-order valence-electron chi connectivity index (χ2n) is 9.68. The number of aryl methyl sites for hydroxylation is 2. The lowest BCUT2D eigenvalue weighted by Crippen LogP contribution is -2.27. The molecule has 0 bridgehead atoms. The van der Waals surface area contributed by atoms with Gasteiger partial charge in [0, 0.05) is 30.1 Å². The number of aromatic amines is 1. The number of hydrogen-bond donors (Lipinski definition) is 2. The van der Waals surface area contributed by atoms with Gasteiger partial charge in [-0.25, -0.2) is 9.97 Å². The van der Waals surface area contributed by atoms with Crippen molar-refractivity contribution in [1.29, 1.82) is 0 Å². The number of rotatable bonds is 6. The summed E-state index contributed by atoms with van der Waals surface area (Å²) in [4.78, 5) is 17.6. The van der Waals surface area contributed by atoms with Gasteiger partial charge in [0.05, 0.1) is 15.9 Å². The molecule has 1 atom stereocenters. The number of pyridine rings is 1. The third-order valence-corrected chi connectivity index (χ3v) is 8.18. The van der Waals surface area contributed by atoms with Crippen molar-refractivity contribution >= 4 is 26.7 Å². The Morgan fingerprint density at radius 3 is 2.74 bits per heavy atom. The van der Waals surface area contributed by atoms with E-state index in [4.69, 9.17) is 14.7 Å². The van der Waals surface area contributed by atoms with Crippen molar-refractivity contribution in [1.82, 2.24) is 19.9 Å². The Labute approximate surface area is 204 Å². The molecule has 6 nitrogen and oxygen atoms in total. The molecule has 176 valence electrons. The van der Waals surface area contributed by atoms with Crippen LogP contribution in [-0.4, -0.2) is 26.0 Å². The predicted octanol–water partition coefficient (Wildman–Crippen LogP) is 7.13. The summed E-state index contributed by atoms with van der Waals surface area (Å²) in [5.74, 6) is 3.14. The van der Waals surface area contributed by atoms with Gasteiger partial charge in [0.25, 0.3) is 0 Å². The van der Waals surface area contributed by atoms with E-state index in [-0.39, 0.29) is 0 Å². The Hall–Kier alpha value is -2.93. The first-order chi connectivity index (χ1) is 16.7. The first-order valence-corrected chi connectivity index (χ1v) is 13.4. The van der Waals surface area contributed by atoms with E-state index < -0.39 is 0 Å². The minimum atomic E-state index is 0.457. The maximum atomic E-state index is 6.21. The smallest absolute Gasteiger partial charge is 0.184 e. The number of anilines is 1. The molecule has 1 unspecified atom stereocenters. The van der Waals surface area contributed by atoms with Crippen molar-refractivity contribution in [3.8, 4) is 23.0 Å². The maximum absolute atomic E-state index is 6.21. The van der Waals surface area contributed by atoms with Crippen LogP contribution in [0.15, 0.2) is 36.5 Å². The molecule has 34 heavy (non-hydrogen) atoms. The maximum Gasteiger partial charge on any atom is 0.184 e. The van der Waals surface area contributed by atoms with Crippen LogP contribution < -0.4 is 10.1 Å². The Balaban J connectivity index is 1.17. The molecule has 0 amide bonds. The van der Waals surface area contributed by atoms with E-state index in [2.05, 4.69) is 28.3 Å². The molecule has 0 spiro atoms. The van der Waals surface area contributed by atoms with Crippen LogP contribution in [0.5, 0.6) is 11.5 Å². The molecular weight excluding hydrogens is 442 g/mol. The summed E-state index contributed by atoms with van der Waals surface area (Å²) in [5, 5.41) is 4.66. The third-order valence-electron chi connectivity index (χ3n) is 7.23. The molecule has 4 aromatic rings. The monoisotopic (exact) mass is 473 g/mol. The fourth-order valence-electron chi connectivity index (χ4n) is 5.29. The quantitative estimate of drug-likeness (QED) is 0.311. The van der Waals surface area contributed by atoms with Crippen LogP contribution >= 0.6 is 11.3 Å². The molecule has 3 aromatic heterocycles. The fourth-order valence-corrected chi connectivity index (χ4v) is 6.28. The number of benzene rings is 1. The van der Waals surface area contributed by atoms with Crippen molar-refractivity contribution in [2.75, 3.05) is 5.32 Å². The van der Waals surface area contributed by atoms with Crippen LogP contribution in [0.25, 0.3) is 21.7 Å². The molecule has 0 aliphatic heterocycles.